The van der Waals surface area contributed by atoms with Crippen LogP contribution in [0.15, 0.2) is 54.9 Å². The highest BCUT2D eigenvalue weighted by Gasteiger charge is 2.57. The van der Waals surface area contributed by atoms with Gasteiger partial charge in [-0.05, 0) is 30.2 Å². The molecule has 3 nitrogen and oxygen atoms in total. The molecule has 3 aromatic rings. The van der Waals surface area contributed by atoms with Crippen LogP contribution in [0.4, 0.5) is 20.2 Å². The number of hydrogen-bond acceptors (Lipinski definition) is 3. The van der Waals surface area contributed by atoms with Gasteiger partial charge >= 0.3 is 0 Å². The Morgan fingerprint density at radius 1 is 1.08 bits per heavy atom. The van der Waals surface area contributed by atoms with Gasteiger partial charge in [-0.25, -0.2) is 8.78 Å². The molecule has 0 spiro atoms. The number of hydrogen-bond donors (Lipinski definition) is 2. The number of nitrogens with two attached hydrogens (primary N) is 1. The van der Waals surface area contributed by atoms with Crippen LogP contribution in [0.5, 0.6) is 0 Å². The van der Waals surface area contributed by atoms with Crippen LogP contribution < -0.4 is 11.1 Å². The van der Waals surface area contributed by atoms with Gasteiger partial charge in [0.2, 0.25) is 5.79 Å². The summed E-state index contributed by atoms with van der Waals surface area (Å²) in [6.07, 6.45) is 3.13. The second kappa shape index (κ2) is 5.03. The summed E-state index contributed by atoms with van der Waals surface area (Å²) < 4.78 is 30.1. The minimum Gasteiger partial charge on any atom is -0.396 e. The minimum atomic E-state index is -1.93. The maximum atomic E-state index is 15.6. The fourth-order valence-electron chi connectivity index (χ4n) is 3.22. The largest absolute Gasteiger partial charge is 0.396 e. The molecule has 1 unspecified atom stereocenters. The minimum absolute atomic E-state index is 0.0232. The van der Waals surface area contributed by atoms with Crippen molar-refractivity contribution in [1.82, 2.24) is 4.98 Å². The average Bonchev–Trinajstić information content (AvgIpc) is 3.19. The number of nitrogens with one attached hydrogen (secondary N) is 1. The Bertz CT molecular complexity index is 927. The van der Waals surface area contributed by atoms with Crippen LogP contribution in [-0.4, -0.2) is 4.98 Å². The Morgan fingerprint density at radius 3 is 2.50 bits per heavy atom. The average molecular weight is 323 g/mol. The number of pyridine rings is 1. The van der Waals surface area contributed by atoms with Crippen molar-refractivity contribution >= 4 is 11.4 Å². The van der Waals surface area contributed by atoms with Crippen LogP contribution in [0.3, 0.4) is 0 Å². The molecule has 1 aromatic heterocycles. The number of nitrogen functional groups attached to an aromatic ring is 1. The number of anilines is 2. The predicted octanol–water partition coefficient (Wildman–Crippen LogP) is 4.37. The third-order valence-corrected chi connectivity index (χ3v) is 4.38. The lowest BCUT2D eigenvalue weighted by atomic mass is 10.0. The van der Waals surface area contributed by atoms with Crippen molar-refractivity contribution < 1.29 is 8.78 Å². The van der Waals surface area contributed by atoms with Crippen molar-refractivity contribution in [3.63, 3.8) is 0 Å². The van der Waals surface area contributed by atoms with Crippen molar-refractivity contribution in [2.75, 3.05) is 11.1 Å². The molecule has 0 saturated carbocycles. The Hall–Kier alpha value is -2.95. The molecule has 5 heteroatoms. The fraction of sp³-hybridized carbons (Fsp3) is 0.105. The molecule has 0 fully saturated rings. The summed E-state index contributed by atoms with van der Waals surface area (Å²) in [6.45, 7) is 1.55. The van der Waals surface area contributed by atoms with Crippen LogP contribution in [0.25, 0.3) is 11.1 Å². The molecular formula is C19H15F2N3. The maximum absolute atomic E-state index is 15.6. The predicted molar refractivity (Wildman–Crippen MR) is 90.7 cm³/mol. The van der Waals surface area contributed by atoms with Crippen molar-refractivity contribution in [2.24, 2.45) is 0 Å². The summed E-state index contributed by atoms with van der Waals surface area (Å²) in [4.78, 5) is 3.97. The van der Waals surface area contributed by atoms with Crippen LogP contribution in [0, 0.1) is 12.7 Å². The summed E-state index contributed by atoms with van der Waals surface area (Å²) in [5.41, 5.74) is 8.53. The first-order chi connectivity index (χ1) is 11.5. The third-order valence-electron chi connectivity index (χ3n) is 4.38. The zero-order valence-corrected chi connectivity index (χ0v) is 13.0. The van der Waals surface area contributed by atoms with Gasteiger partial charge in [0.05, 0.1) is 17.6 Å². The van der Waals surface area contributed by atoms with Gasteiger partial charge in [0.25, 0.3) is 0 Å². The normalized spacial score (nSPS) is 18.1. The lowest BCUT2D eigenvalue weighted by Gasteiger charge is -2.11. The van der Waals surface area contributed by atoms with Crippen molar-refractivity contribution in [3.8, 4) is 11.1 Å². The van der Waals surface area contributed by atoms with Gasteiger partial charge in [0.1, 0.15) is 5.82 Å². The molecule has 1 heterocycles. The summed E-state index contributed by atoms with van der Waals surface area (Å²) in [7, 11) is 0. The van der Waals surface area contributed by atoms with Crippen LogP contribution in [0.1, 0.15) is 16.7 Å². The molecule has 0 amide bonds. The topological polar surface area (TPSA) is 50.9 Å². The second-order valence-electron chi connectivity index (χ2n) is 5.87. The van der Waals surface area contributed by atoms with Crippen molar-refractivity contribution in [1.29, 1.82) is 0 Å². The molecule has 0 bridgehead atoms. The lowest BCUT2D eigenvalue weighted by molar-refractivity contribution is 0.332. The number of fused-ring (bicyclic) bond motifs is 1. The highest BCUT2D eigenvalue weighted by Crippen LogP contribution is 2.59. The van der Waals surface area contributed by atoms with Crippen molar-refractivity contribution in [3.05, 3.63) is 77.4 Å². The molecule has 1 atom stereocenters. The fourth-order valence-corrected chi connectivity index (χ4v) is 3.22. The van der Waals surface area contributed by atoms with Gasteiger partial charge in [0.15, 0.2) is 0 Å². The van der Waals surface area contributed by atoms with Gasteiger partial charge in [-0.3, -0.25) is 4.98 Å². The van der Waals surface area contributed by atoms with E-state index in [0.29, 0.717) is 27.9 Å². The summed E-state index contributed by atoms with van der Waals surface area (Å²) in [5.74, 6) is -2.50. The van der Waals surface area contributed by atoms with Gasteiger partial charge < -0.3 is 11.1 Å². The molecule has 2 aromatic carbocycles. The Morgan fingerprint density at radius 2 is 1.83 bits per heavy atom. The molecule has 0 saturated heterocycles. The summed E-state index contributed by atoms with van der Waals surface area (Å²) in [6, 6.07) is 12.5. The molecular weight excluding hydrogens is 308 g/mol. The summed E-state index contributed by atoms with van der Waals surface area (Å²) >= 11 is 0. The van der Waals surface area contributed by atoms with E-state index >= 15 is 4.39 Å². The number of rotatable bonds is 3. The summed E-state index contributed by atoms with van der Waals surface area (Å²) in [5, 5.41) is 2.81. The van der Waals surface area contributed by atoms with Crippen molar-refractivity contribution in [2.45, 2.75) is 12.7 Å². The molecule has 3 N–H and O–H groups in total. The van der Waals surface area contributed by atoms with E-state index in [1.54, 1.807) is 37.4 Å². The molecule has 4 rings (SSSR count). The highest BCUT2D eigenvalue weighted by atomic mass is 19.1. The molecule has 120 valence electrons. The molecule has 24 heavy (non-hydrogen) atoms. The van der Waals surface area contributed by atoms with E-state index in [0.717, 1.165) is 0 Å². The first kappa shape index (κ1) is 14.6. The van der Waals surface area contributed by atoms with Crippen LogP contribution in [-0.2, 0) is 5.79 Å². The van der Waals surface area contributed by atoms with Gasteiger partial charge in [-0.1, -0.05) is 30.3 Å². The monoisotopic (exact) mass is 323 g/mol. The first-order valence-corrected chi connectivity index (χ1v) is 7.59. The zero-order valence-electron chi connectivity index (χ0n) is 13.0. The molecule has 0 aliphatic heterocycles. The maximum Gasteiger partial charge on any atom is 0.234 e. The number of halogens is 2. The quantitative estimate of drug-likeness (QED) is 0.556. The smallest absolute Gasteiger partial charge is 0.234 e. The van der Waals surface area contributed by atoms with Gasteiger partial charge in [-0.2, -0.15) is 0 Å². The van der Waals surface area contributed by atoms with Crippen LogP contribution in [0.2, 0.25) is 0 Å². The SMILES string of the molecule is Cc1c(F)c(N)c(-c2ccccc2)c2c1C2(F)Nc1cccnc1. The number of benzene rings is 2. The van der Waals surface area contributed by atoms with E-state index < -0.39 is 11.6 Å². The van der Waals surface area contributed by atoms with Gasteiger partial charge in [-0.15, -0.1) is 0 Å². The lowest BCUT2D eigenvalue weighted by Crippen LogP contribution is -2.14. The molecule has 0 radical (unpaired) electrons. The highest BCUT2D eigenvalue weighted by molar-refractivity contribution is 5.90. The zero-order chi connectivity index (χ0) is 16.9. The number of nitrogens with zero attached hydrogens (tertiary/aromatic N) is 1. The molecule has 1 aliphatic rings. The van der Waals surface area contributed by atoms with E-state index in [1.165, 1.54) is 6.20 Å². The Labute approximate surface area is 138 Å². The first-order valence-electron chi connectivity index (χ1n) is 7.59. The van der Waals surface area contributed by atoms with Crippen LogP contribution >= 0.6 is 0 Å². The van der Waals surface area contributed by atoms with E-state index in [9.17, 15) is 4.39 Å². The Kier molecular flexibility index (Phi) is 3.06. The van der Waals surface area contributed by atoms with E-state index in [4.69, 9.17) is 5.73 Å². The second-order valence-corrected chi connectivity index (χ2v) is 5.87. The molecule has 1 aliphatic carbocycles. The van der Waals surface area contributed by atoms with Gasteiger partial charge in [0, 0.05) is 22.9 Å². The standard InChI is InChI=1S/C19H15F2N3/c1-11-15-16(19(15,21)24-13-8-5-9-23-10-13)14(18(22)17(11)20)12-6-3-2-4-7-12/h2-10,24H,22H2,1H3. The van der Waals surface area contributed by atoms with E-state index in [1.807, 2.05) is 18.2 Å². The third kappa shape index (κ3) is 1.98. The van der Waals surface area contributed by atoms with E-state index in [2.05, 4.69) is 10.3 Å². The Balaban J connectivity index is 1.88. The number of aromatic nitrogens is 1. The van der Waals surface area contributed by atoms with E-state index in [-0.39, 0.29) is 11.3 Å². The number of alkyl halides is 1.